The van der Waals surface area contributed by atoms with Crippen molar-refractivity contribution < 1.29 is 13.2 Å². The van der Waals surface area contributed by atoms with Crippen molar-refractivity contribution in [1.82, 2.24) is 5.32 Å². The summed E-state index contributed by atoms with van der Waals surface area (Å²) in [5.74, 6) is 0.0603. The zero-order valence-electron chi connectivity index (χ0n) is 13.7. The number of hydrogen-bond acceptors (Lipinski definition) is 3. The molecule has 4 nitrogen and oxygen atoms in total. The monoisotopic (exact) mass is 343 g/mol. The largest absolute Gasteiger partial charge is 0.351 e. The van der Waals surface area contributed by atoms with Crippen LogP contribution in [0.3, 0.4) is 0 Å². The predicted octanol–water partition coefficient (Wildman–Crippen LogP) is 2.58. The average Bonchev–Trinajstić information content (AvgIpc) is 3.34. The van der Waals surface area contributed by atoms with Crippen molar-refractivity contribution in [3.05, 3.63) is 71.3 Å². The first-order chi connectivity index (χ1) is 11.4. The average molecular weight is 343 g/mol. The Bertz CT molecular complexity index is 840. The SMILES string of the molecule is CS(=O)(=O)Cc1cccc(CNC(=O)C2(c3ccccc3)CC2)c1. The Morgan fingerprint density at radius 2 is 1.71 bits per heavy atom. The van der Waals surface area contributed by atoms with E-state index in [4.69, 9.17) is 0 Å². The van der Waals surface area contributed by atoms with E-state index in [1.54, 1.807) is 6.07 Å². The van der Waals surface area contributed by atoms with Gasteiger partial charge >= 0.3 is 0 Å². The molecule has 1 aliphatic carbocycles. The fourth-order valence-corrected chi connectivity index (χ4v) is 3.80. The summed E-state index contributed by atoms with van der Waals surface area (Å²) in [6.45, 7) is 0.408. The van der Waals surface area contributed by atoms with E-state index in [1.807, 2.05) is 48.5 Å². The second-order valence-electron chi connectivity index (χ2n) is 6.52. The zero-order valence-corrected chi connectivity index (χ0v) is 14.5. The van der Waals surface area contributed by atoms with Gasteiger partial charge in [-0.25, -0.2) is 8.42 Å². The lowest BCUT2D eigenvalue weighted by molar-refractivity contribution is -0.123. The molecule has 1 N–H and O–H groups in total. The number of carbonyl (C=O) groups excluding carboxylic acids is 1. The minimum Gasteiger partial charge on any atom is -0.351 e. The molecule has 126 valence electrons. The van der Waals surface area contributed by atoms with Gasteiger partial charge in [-0.1, -0.05) is 54.6 Å². The Kier molecular flexibility index (Phi) is 4.45. The molecule has 5 heteroatoms. The molecule has 0 atom stereocenters. The quantitative estimate of drug-likeness (QED) is 0.877. The predicted molar refractivity (Wildman–Crippen MR) is 94.2 cm³/mol. The van der Waals surface area contributed by atoms with Crippen LogP contribution < -0.4 is 5.32 Å². The number of hydrogen-bond donors (Lipinski definition) is 1. The van der Waals surface area contributed by atoms with Crippen LogP contribution in [0.25, 0.3) is 0 Å². The summed E-state index contributed by atoms with van der Waals surface area (Å²) in [5.41, 5.74) is 2.33. The zero-order chi connectivity index (χ0) is 17.2. The number of sulfone groups is 1. The van der Waals surface area contributed by atoms with E-state index in [0.29, 0.717) is 6.54 Å². The van der Waals surface area contributed by atoms with Crippen LogP contribution in [0.2, 0.25) is 0 Å². The Morgan fingerprint density at radius 3 is 2.33 bits per heavy atom. The van der Waals surface area contributed by atoms with Crippen molar-refractivity contribution in [2.24, 2.45) is 0 Å². The number of amides is 1. The molecule has 24 heavy (non-hydrogen) atoms. The summed E-state index contributed by atoms with van der Waals surface area (Å²) in [4.78, 5) is 12.6. The molecular weight excluding hydrogens is 322 g/mol. The summed E-state index contributed by atoms with van der Waals surface area (Å²) in [7, 11) is -3.06. The molecule has 1 fully saturated rings. The molecule has 2 aromatic carbocycles. The fraction of sp³-hybridized carbons (Fsp3) is 0.316. The third kappa shape index (κ3) is 3.85. The van der Waals surface area contributed by atoms with Gasteiger partial charge in [0.15, 0.2) is 9.84 Å². The standard InChI is InChI=1S/C19H21NO3S/c1-24(22,23)14-16-7-5-6-15(12-16)13-20-18(21)19(10-11-19)17-8-3-2-4-9-17/h2-9,12H,10-11,13-14H2,1H3,(H,20,21). The lowest BCUT2D eigenvalue weighted by Gasteiger charge is -2.16. The lowest BCUT2D eigenvalue weighted by atomic mass is 9.95. The maximum Gasteiger partial charge on any atom is 0.230 e. The van der Waals surface area contributed by atoms with Crippen molar-refractivity contribution in [1.29, 1.82) is 0 Å². The summed E-state index contributed by atoms with van der Waals surface area (Å²) >= 11 is 0. The molecule has 0 unspecified atom stereocenters. The highest BCUT2D eigenvalue weighted by molar-refractivity contribution is 7.89. The summed E-state index contributed by atoms with van der Waals surface area (Å²) in [6.07, 6.45) is 2.96. The summed E-state index contributed by atoms with van der Waals surface area (Å²) in [5, 5.41) is 3.00. The third-order valence-corrected chi connectivity index (χ3v) is 5.24. The maximum absolute atomic E-state index is 12.6. The van der Waals surface area contributed by atoms with E-state index in [-0.39, 0.29) is 17.1 Å². The van der Waals surface area contributed by atoms with Gasteiger partial charge in [-0.2, -0.15) is 0 Å². The molecule has 2 aromatic rings. The number of carbonyl (C=O) groups is 1. The maximum atomic E-state index is 12.6. The first kappa shape index (κ1) is 16.7. The van der Waals surface area contributed by atoms with E-state index < -0.39 is 9.84 Å². The smallest absolute Gasteiger partial charge is 0.230 e. The second-order valence-corrected chi connectivity index (χ2v) is 8.66. The first-order valence-electron chi connectivity index (χ1n) is 7.98. The molecule has 0 aromatic heterocycles. The second kappa shape index (κ2) is 6.40. The van der Waals surface area contributed by atoms with Crippen LogP contribution >= 0.6 is 0 Å². The van der Waals surface area contributed by atoms with Crippen LogP contribution in [0, 0.1) is 0 Å². The van der Waals surface area contributed by atoms with Gasteiger partial charge in [0.25, 0.3) is 0 Å². The molecule has 1 saturated carbocycles. The molecule has 0 radical (unpaired) electrons. The van der Waals surface area contributed by atoms with E-state index >= 15 is 0 Å². The molecule has 1 amide bonds. The van der Waals surface area contributed by atoms with Crippen LogP contribution in [-0.2, 0) is 32.3 Å². The highest BCUT2D eigenvalue weighted by Crippen LogP contribution is 2.48. The molecule has 0 spiro atoms. The van der Waals surface area contributed by atoms with Crippen LogP contribution in [0.5, 0.6) is 0 Å². The third-order valence-electron chi connectivity index (χ3n) is 4.38. The van der Waals surface area contributed by atoms with Gasteiger partial charge in [0.1, 0.15) is 0 Å². The van der Waals surface area contributed by atoms with Gasteiger partial charge in [-0.3, -0.25) is 4.79 Å². The van der Waals surface area contributed by atoms with Gasteiger partial charge in [0.2, 0.25) is 5.91 Å². The summed E-state index contributed by atoms with van der Waals surface area (Å²) < 4.78 is 22.8. The van der Waals surface area contributed by atoms with E-state index in [0.717, 1.165) is 29.5 Å². The molecule has 0 saturated heterocycles. The van der Waals surface area contributed by atoms with Gasteiger partial charge in [-0.15, -0.1) is 0 Å². The van der Waals surface area contributed by atoms with E-state index in [2.05, 4.69) is 5.32 Å². The van der Waals surface area contributed by atoms with Crippen molar-refractivity contribution in [3.63, 3.8) is 0 Å². The van der Waals surface area contributed by atoms with Crippen LogP contribution in [0.4, 0.5) is 0 Å². The Balaban J connectivity index is 1.66. The minimum atomic E-state index is -3.06. The lowest BCUT2D eigenvalue weighted by Crippen LogP contribution is -2.34. The van der Waals surface area contributed by atoms with Crippen LogP contribution in [0.15, 0.2) is 54.6 Å². The molecular formula is C19H21NO3S. The van der Waals surface area contributed by atoms with Crippen molar-refractivity contribution in [2.45, 2.75) is 30.6 Å². The fourth-order valence-electron chi connectivity index (χ4n) is 3.01. The highest BCUT2D eigenvalue weighted by atomic mass is 32.2. The van der Waals surface area contributed by atoms with Gasteiger partial charge in [0, 0.05) is 12.8 Å². The minimum absolute atomic E-state index is 0.0166. The number of rotatable bonds is 6. The topological polar surface area (TPSA) is 63.2 Å². The number of nitrogens with one attached hydrogen (secondary N) is 1. The van der Waals surface area contributed by atoms with Crippen molar-refractivity contribution >= 4 is 15.7 Å². The van der Waals surface area contributed by atoms with Gasteiger partial charge in [-0.05, 0) is 29.5 Å². The Labute approximate surface area is 142 Å². The Morgan fingerprint density at radius 1 is 1.04 bits per heavy atom. The van der Waals surface area contributed by atoms with E-state index in [9.17, 15) is 13.2 Å². The molecule has 0 bridgehead atoms. The normalized spacial score (nSPS) is 15.7. The van der Waals surface area contributed by atoms with E-state index in [1.165, 1.54) is 6.26 Å². The molecule has 3 rings (SSSR count). The van der Waals surface area contributed by atoms with Gasteiger partial charge < -0.3 is 5.32 Å². The summed E-state index contributed by atoms with van der Waals surface area (Å²) in [6, 6.07) is 17.2. The number of benzene rings is 2. The highest BCUT2D eigenvalue weighted by Gasteiger charge is 2.50. The molecule has 1 aliphatic rings. The van der Waals surface area contributed by atoms with Gasteiger partial charge in [0.05, 0.1) is 11.2 Å². The van der Waals surface area contributed by atoms with Crippen LogP contribution in [0.1, 0.15) is 29.5 Å². The van der Waals surface area contributed by atoms with Crippen LogP contribution in [-0.4, -0.2) is 20.6 Å². The first-order valence-corrected chi connectivity index (χ1v) is 10.0. The Hall–Kier alpha value is -2.14. The molecule has 0 aliphatic heterocycles. The molecule has 0 heterocycles. The van der Waals surface area contributed by atoms with Crippen molar-refractivity contribution in [3.8, 4) is 0 Å². The van der Waals surface area contributed by atoms with Crippen molar-refractivity contribution in [2.75, 3.05) is 6.26 Å².